The molecule has 0 aliphatic rings. The smallest absolute Gasteiger partial charge is 0.251 e. The fraction of sp³-hybridized carbons (Fsp3) is 0.214. The van der Waals surface area contributed by atoms with Crippen LogP contribution >= 0.6 is 33.9 Å². The Bertz CT molecular complexity index is 577. The van der Waals surface area contributed by atoms with Crippen LogP contribution in [0.2, 0.25) is 0 Å². The summed E-state index contributed by atoms with van der Waals surface area (Å²) in [5.41, 5.74) is 1.92. The highest BCUT2D eigenvalue weighted by Crippen LogP contribution is 2.16. The van der Waals surface area contributed by atoms with Crippen LogP contribution in [0.15, 0.2) is 30.3 Å². The number of rotatable bonds is 3. The number of thiophene rings is 1. The molecule has 0 aliphatic heterocycles. The highest BCUT2D eigenvalue weighted by atomic mass is 127. The minimum absolute atomic E-state index is 0.0148. The van der Waals surface area contributed by atoms with Gasteiger partial charge in [-0.1, -0.05) is 6.07 Å². The van der Waals surface area contributed by atoms with Gasteiger partial charge in [0.25, 0.3) is 5.91 Å². The van der Waals surface area contributed by atoms with Gasteiger partial charge < -0.3 is 5.32 Å². The number of carbonyl (C=O) groups excluding carboxylic acids is 1. The lowest BCUT2D eigenvalue weighted by molar-refractivity contribution is 0.0951. The molecule has 4 heteroatoms. The van der Waals surface area contributed by atoms with Crippen molar-refractivity contribution in [2.45, 2.75) is 20.4 Å². The van der Waals surface area contributed by atoms with Crippen molar-refractivity contribution in [3.8, 4) is 0 Å². The third-order valence-corrected chi connectivity index (χ3v) is 4.82. The van der Waals surface area contributed by atoms with E-state index in [9.17, 15) is 4.79 Å². The summed E-state index contributed by atoms with van der Waals surface area (Å²) in [5, 5.41) is 2.94. The molecule has 0 unspecified atom stereocenters. The Morgan fingerprint density at radius 1 is 1.28 bits per heavy atom. The van der Waals surface area contributed by atoms with Gasteiger partial charge in [0.2, 0.25) is 0 Å². The lowest BCUT2D eigenvalue weighted by Crippen LogP contribution is -2.22. The highest BCUT2D eigenvalue weighted by Gasteiger charge is 2.07. The van der Waals surface area contributed by atoms with Crippen LogP contribution in [0.25, 0.3) is 0 Å². The van der Waals surface area contributed by atoms with E-state index in [2.05, 4.69) is 47.0 Å². The number of nitrogens with one attached hydrogen (secondary N) is 1. The second-order valence-corrected chi connectivity index (χ2v) is 6.69. The Labute approximate surface area is 125 Å². The topological polar surface area (TPSA) is 29.1 Å². The van der Waals surface area contributed by atoms with E-state index in [0.717, 1.165) is 9.13 Å². The van der Waals surface area contributed by atoms with Crippen molar-refractivity contribution < 1.29 is 4.79 Å². The van der Waals surface area contributed by atoms with Gasteiger partial charge >= 0.3 is 0 Å². The molecule has 1 amide bonds. The minimum Gasteiger partial charge on any atom is -0.347 e. The summed E-state index contributed by atoms with van der Waals surface area (Å²) in [6, 6.07) is 9.89. The number of aryl methyl sites for hydroxylation is 2. The summed E-state index contributed by atoms with van der Waals surface area (Å²) < 4.78 is 1.12. The lowest BCUT2D eigenvalue weighted by Gasteiger charge is -2.05. The molecule has 0 bridgehead atoms. The number of amides is 1. The van der Waals surface area contributed by atoms with Crippen molar-refractivity contribution in [2.24, 2.45) is 0 Å². The molecular weight excluding hydrogens is 357 g/mol. The van der Waals surface area contributed by atoms with Crippen LogP contribution in [0.4, 0.5) is 0 Å². The molecule has 1 heterocycles. The number of carbonyl (C=O) groups is 1. The van der Waals surface area contributed by atoms with E-state index in [1.807, 2.05) is 25.1 Å². The van der Waals surface area contributed by atoms with E-state index in [-0.39, 0.29) is 5.91 Å². The van der Waals surface area contributed by atoms with Gasteiger partial charge in [-0.15, -0.1) is 11.3 Å². The maximum Gasteiger partial charge on any atom is 0.251 e. The molecule has 0 aliphatic carbocycles. The molecule has 0 fully saturated rings. The maximum atomic E-state index is 12.0. The highest BCUT2D eigenvalue weighted by molar-refractivity contribution is 14.1. The molecule has 2 aromatic rings. The number of benzene rings is 1. The van der Waals surface area contributed by atoms with E-state index in [1.165, 1.54) is 15.3 Å². The van der Waals surface area contributed by atoms with Crippen LogP contribution in [0, 0.1) is 17.4 Å². The number of hydrogen-bond acceptors (Lipinski definition) is 2. The van der Waals surface area contributed by atoms with E-state index in [0.29, 0.717) is 6.54 Å². The average Bonchev–Trinajstić information content (AvgIpc) is 2.75. The first-order valence-electron chi connectivity index (χ1n) is 5.66. The van der Waals surface area contributed by atoms with E-state index in [1.54, 1.807) is 11.3 Å². The molecule has 0 saturated carbocycles. The van der Waals surface area contributed by atoms with Gasteiger partial charge in [0.05, 0.1) is 6.54 Å². The van der Waals surface area contributed by atoms with Crippen LogP contribution in [-0.4, -0.2) is 5.91 Å². The Morgan fingerprint density at radius 3 is 2.67 bits per heavy atom. The fourth-order valence-electron chi connectivity index (χ4n) is 1.58. The van der Waals surface area contributed by atoms with Crippen LogP contribution in [0.3, 0.4) is 0 Å². The Kier molecular flexibility index (Phi) is 4.40. The van der Waals surface area contributed by atoms with Gasteiger partial charge in [0.15, 0.2) is 0 Å². The van der Waals surface area contributed by atoms with Crippen LogP contribution in [0.1, 0.15) is 25.7 Å². The maximum absolute atomic E-state index is 12.0. The molecule has 94 valence electrons. The van der Waals surface area contributed by atoms with Gasteiger partial charge in [0, 0.05) is 18.9 Å². The zero-order valence-electron chi connectivity index (χ0n) is 10.3. The van der Waals surface area contributed by atoms with E-state index >= 15 is 0 Å². The quantitative estimate of drug-likeness (QED) is 0.815. The molecule has 0 saturated heterocycles. The first-order valence-corrected chi connectivity index (χ1v) is 7.55. The molecular formula is C14H14INOS. The molecule has 2 rings (SSSR count). The summed E-state index contributed by atoms with van der Waals surface area (Å²) >= 11 is 3.96. The van der Waals surface area contributed by atoms with Crippen molar-refractivity contribution >= 4 is 39.8 Å². The first-order chi connectivity index (χ1) is 8.56. The van der Waals surface area contributed by atoms with Crippen molar-refractivity contribution in [3.63, 3.8) is 0 Å². The molecule has 2 nitrogen and oxygen atoms in total. The second kappa shape index (κ2) is 5.84. The third-order valence-electron chi connectivity index (χ3n) is 2.65. The average molecular weight is 371 g/mol. The van der Waals surface area contributed by atoms with E-state index < -0.39 is 0 Å². The number of hydrogen-bond donors (Lipinski definition) is 1. The SMILES string of the molecule is Cc1ccc(CNC(=O)c2ccc(C)c(I)c2)s1. The second-order valence-electron chi connectivity index (χ2n) is 4.16. The molecule has 1 N–H and O–H groups in total. The van der Waals surface area contributed by atoms with Crippen molar-refractivity contribution in [1.82, 2.24) is 5.32 Å². The predicted molar refractivity (Wildman–Crippen MR) is 84.1 cm³/mol. The van der Waals surface area contributed by atoms with Crippen LogP contribution in [0.5, 0.6) is 0 Å². The van der Waals surface area contributed by atoms with Gasteiger partial charge in [0.1, 0.15) is 0 Å². The molecule has 1 aromatic carbocycles. The lowest BCUT2D eigenvalue weighted by atomic mass is 10.1. The number of halogens is 1. The van der Waals surface area contributed by atoms with Crippen LogP contribution < -0.4 is 5.32 Å². The Morgan fingerprint density at radius 2 is 2.06 bits per heavy atom. The van der Waals surface area contributed by atoms with Gasteiger partial charge in [-0.2, -0.15) is 0 Å². The van der Waals surface area contributed by atoms with Gasteiger partial charge in [-0.25, -0.2) is 0 Å². The molecule has 18 heavy (non-hydrogen) atoms. The summed E-state index contributed by atoms with van der Waals surface area (Å²) in [6.45, 7) is 4.71. The Hall–Kier alpha value is -0.880. The zero-order chi connectivity index (χ0) is 13.1. The summed E-state index contributed by atoms with van der Waals surface area (Å²) in [6.07, 6.45) is 0. The normalized spacial score (nSPS) is 10.4. The summed E-state index contributed by atoms with van der Waals surface area (Å²) in [4.78, 5) is 14.4. The first kappa shape index (κ1) is 13.5. The fourth-order valence-corrected chi connectivity index (χ4v) is 2.93. The third kappa shape index (κ3) is 3.32. The monoisotopic (exact) mass is 371 g/mol. The largest absolute Gasteiger partial charge is 0.347 e. The molecule has 1 aromatic heterocycles. The Balaban J connectivity index is 2.01. The van der Waals surface area contributed by atoms with Gasteiger partial charge in [-0.3, -0.25) is 4.79 Å². The summed E-state index contributed by atoms with van der Waals surface area (Å²) in [7, 11) is 0. The van der Waals surface area contributed by atoms with Crippen molar-refractivity contribution in [1.29, 1.82) is 0 Å². The van der Waals surface area contributed by atoms with Crippen molar-refractivity contribution in [3.05, 3.63) is 54.8 Å². The standard InChI is InChI=1S/C14H14INOS/c1-9-3-5-11(7-13(9)15)14(17)16-8-12-6-4-10(2)18-12/h3-7H,8H2,1-2H3,(H,16,17). The van der Waals surface area contributed by atoms with Crippen molar-refractivity contribution in [2.75, 3.05) is 0 Å². The van der Waals surface area contributed by atoms with E-state index in [4.69, 9.17) is 0 Å². The molecule has 0 radical (unpaired) electrons. The zero-order valence-corrected chi connectivity index (χ0v) is 13.3. The minimum atomic E-state index is -0.0148. The van der Waals surface area contributed by atoms with Gasteiger partial charge in [-0.05, 0) is 66.3 Å². The molecule has 0 atom stereocenters. The molecule has 0 spiro atoms. The predicted octanol–water partition coefficient (Wildman–Crippen LogP) is 3.90. The van der Waals surface area contributed by atoms with Crippen LogP contribution in [-0.2, 0) is 6.54 Å². The summed E-state index contributed by atoms with van der Waals surface area (Å²) in [5.74, 6) is -0.0148.